The van der Waals surface area contributed by atoms with Crippen LogP contribution in [0.15, 0.2) is 24.3 Å². The van der Waals surface area contributed by atoms with E-state index in [1.54, 1.807) is 10.9 Å². The smallest absolute Gasteiger partial charge is 0.0209 e. The Morgan fingerprint density at radius 1 is 1.33 bits per heavy atom. The normalized spacial score (nSPS) is 21.9. The van der Waals surface area contributed by atoms with Crippen LogP contribution < -0.4 is 5.30 Å². The molecule has 0 amide bonds. The van der Waals surface area contributed by atoms with Crippen LogP contribution in [0.5, 0.6) is 0 Å². The number of benzene rings is 1. The fraction of sp³-hybridized carbons (Fsp3) is 0.455. The molecule has 1 aliphatic rings. The molecule has 1 atom stereocenters. The van der Waals surface area contributed by atoms with Crippen molar-refractivity contribution in [2.45, 2.75) is 19.8 Å². The predicted octanol–water partition coefficient (Wildman–Crippen LogP) is 2.76. The van der Waals surface area contributed by atoms with Gasteiger partial charge in [0.15, 0.2) is 0 Å². The second-order valence-electron chi connectivity index (χ2n) is 3.31. The van der Waals surface area contributed by atoms with E-state index in [4.69, 9.17) is 0 Å². The molecule has 1 aromatic carbocycles. The first-order valence-corrected chi connectivity index (χ1v) is 6.46. The zero-order chi connectivity index (χ0) is 8.39. The maximum Gasteiger partial charge on any atom is -0.0209 e. The van der Waals surface area contributed by atoms with Gasteiger partial charge < -0.3 is 0 Å². The first-order chi connectivity index (χ1) is 5.92. The Kier molecular flexibility index (Phi) is 2.46. The number of hydrogen-bond donors (Lipinski definition) is 0. The van der Waals surface area contributed by atoms with Gasteiger partial charge in [0.05, 0.1) is 0 Å². The second kappa shape index (κ2) is 3.58. The van der Waals surface area contributed by atoms with Crippen molar-refractivity contribution in [3.8, 4) is 0 Å². The van der Waals surface area contributed by atoms with Crippen molar-refractivity contribution in [1.82, 2.24) is 0 Å². The van der Waals surface area contributed by atoms with Gasteiger partial charge in [-0.2, -0.15) is 0 Å². The summed E-state index contributed by atoms with van der Waals surface area (Å²) in [7, 11) is 0.215. The molecule has 1 aromatic rings. The van der Waals surface area contributed by atoms with Gasteiger partial charge in [-0.25, -0.2) is 0 Å². The average Bonchev–Trinajstić information content (AvgIpc) is 2.17. The van der Waals surface area contributed by atoms with Gasteiger partial charge in [0, 0.05) is 0 Å². The first kappa shape index (κ1) is 8.26. The van der Waals surface area contributed by atoms with E-state index in [0.717, 1.165) is 0 Å². The molecular formula is C11H15P. The number of rotatable bonds is 1. The highest BCUT2D eigenvalue weighted by atomic mass is 31.1. The van der Waals surface area contributed by atoms with Crippen LogP contribution in [-0.4, -0.2) is 12.3 Å². The van der Waals surface area contributed by atoms with Crippen molar-refractivity contribution in [2.24, 2.45) is 0 Å². The summed E-state index contributed by atoms with van der Waals surface area (Å²) in [4.78, 5) is 0. The molecule has 0 bridgehead atoms. The third-order valence-corrected chi connectivity index (χ3v) is 5.33. The number of hydrogen-bond acceptors (Lipinski definition) is 0. The molecule has 1 heterocycles. The van der Waals surface area contributed by atoms with Crippen molar-refractivity contribution in [1.29, 1.82) is 0 Å². The van der Waals surface area contributed by atoms with E-state index in [0.29, 0.717) is 0 Å². The Bertz CT molecular complexity index is 267. The topological polar surface area (TPSA) is 0 Å². The molecule has 64 valence electrons. The molecular weight excluding hydrogens is 163 g/mol. The number of aryl methyl sites for hydroxylation is 1. The molecule has 0 saturated heterocycles. The van der Waals surface area contributed by atoms with E-state index in [1.165, 1.54) is 25.2 Å². The molecule has 0 saturated carbocycles. The van der Waals surface area contributed by atoms with Crippen molar-refractivity contribution in [2.75, 3.05) is 12.3 Å². The van der Waals surface area contributed by atoms with Crippen molar-refractivity contribution < 1.29 is 0 Å². The lowest BCUT2D eigenvalue weighted by molar-refractivity contribution is 0.920. The van der Waals surface area contributed by atoms with Crippen LogP contribution in [0, 0.1) is 0 Å². The Morgan fingerprint density at radius 2 is 2.17 bits per heavy atom. The minimum Gasteiger partial charge on any atom is -0.0753 e. The maximum atomic E-state index is 2.34. The van der Waals surface area contributed by atoms with Gasteiger partial charge in [0.25, 0.3) is 0 Å². The molecule has 0 nitrogen and oxygen atoms in total. The lowest BCUT2D eigenvalue weighted by Gasteiger charge is -2.24. The monoisotopic (exact) mass is 178 g/mol. The van der Waals surface area contributed by atoms with E-state index >= 15 is 0 Å². The quantitative estimate of drug-likeness (QED) is 0.580. The zero-order valence-corrected chi connectivity index (χ0v) is 8.48. The molecule has 1 unspecified atom stereocenters. The van der Waals surface area contributed by atoms with Crippen molar-refractivity contribution in [3.05, 3.63) is 29.8 Å². The van der Waals surface area contributed by atoms with Crippen LogP contribution in [0.25, 0.3) is 0 Å². The van der Waals surface area contributed by atoms with Gasteiger partial charge >= 0.3 is 0 Å². The molecule has 0 fully saturated rings. The molecule has 0 spiro atoms. The Morgan fingerprint density at radius 3 is 3.00 bits per heavy atom. The van der Waals surface area contributed by atoms with Gasteiger partial charge in [-0.15, -0.1) is 0 Å². The second-order valence-corrected chi connectivity index (χ2v) is 5.95. The zero-order valence-electron chi connectivity index (χ0n) is 7.59. The molecule has 2 rings (SSSR count). The van der Waals surface area contributed by atoms with Crippen molar-refractivity contribution in [3.63, 3.8) is 0 Å². The van der Waals surface area contributed by atoms with E-state index < -0.39 is 0 Å². The summed E-state index contributed by atoms with van der Waals surface area (Å²) in [5, 5.41) is 1.68. The summed E-state index contributed by atoms with van der Waals surface area (Å²) in [6.07, 6.45) is 5.56. The van der Waals surface area contributed by atoms with E-state index in [-0.39, 0.29) is 7.92 Å². The van der Waals surface area contributed by atoms with Gasteiger partial charge in [-0.1, -0.05) is 39.1 Å². The lowest BCUT2D eigenvalue weighted by Crippen LogP contribution is -2.16. The molecule has 0 radical (unpaired) electrons. The average molecular weight is 178 g/mol. The summed E-state index contributed by atoms with van der Waals surface area (Å²) in [6, 6.07) is 9.01. The largest absolute Gasteiger partial charge is 0.0753 e. The molecule has 12 heavy (non-hydrogen) atoms. The molecule has 0 N–H and O–H groups in total. The minimum atomic E-state index is 0.215. The van der Waals surface area contributed by atoms with Crippen LogP contribution in [0.2, 0.25) is 0 Å². The van der Waals surface area contributed by atoms with Crippen LogP contribution in [0.1, 0.15) is 18.9 Å². The minimum absolute atomic E-state index is 0.215. The van der Waals surface area contributed by atoms with Gasteiger partial charge in [0.1, 0.15) is 0 Å². The van der Waals surface area contributed by atoms with Crippen LogP contribution >= 0.6 is 7.92 Å². The Balaban J connectivity index is 2.37. The first-order valence-electron chi connectivity index (χ1n) is 4.74. The molecule has 1 heteroatoms. The van der Waals surface area contributed by atoms with Crippen LogP contribution in [0.3, 0.4) is 0 Å². The summed E-state index contributed by atoms with van der Waals surface area (Å²) in [5.41, 5.74) is 1.62. The summed E-state index contributed by atoms with van der Waals surface area (Å²) >= 11 is 0. The third-order valence-electron chi connectivity index (χ3n) is 2.59. The van der Waals surface area contributed by atoms with E-state index in [9.17, 15) is 0 Å². The number of fused-ring (bicyclic) bond motifs is 1. The van der Waals surface area contributed by atoms with E-state index in [1.807, 2.05) is 0 Å². The highest BCUT2D eigenvalue weighted by Gasteiger charge is 2.16. The SMILES string of the molecule is CCP1CCCc2ccccc21. The Labute approximate surface area is 75.7 Å². The summed E-state index contributed by atoms with van der Waals surface area (Å²) in [5.74, 6) is 0. The molecule has 0 aromatic heterocycles. The lowest BCUT2D eigenvalue weighted by atomic mass is 10.1. The van der Waals surface area contributed by atoms with Crippen LogP contribution in [0.4, 0.5) is 0 Å². The highest BCUT2D eigenvalue weighted by Crippen LogP contribution is 2.39. The van der Waals surface area contributed by atoms with Gasteiger partial charge in [-0.3, -0.25) is 0 Å². The van der Waals surface area contributed by atoms with Gasteiger partial charge in [0.2, 0.25) is 0 Å². The maximum absolute atomic E-state index is 2.34. The predicted molar refractivity (Wildman–Crippen MR) is 56.7 cm³/mol. The van der Waals surface area contributed by atoms with Crippen LogP contribution in [-0.2, 0) is 6.42 Å². The highest BCUT2D eigenvalue weighted by molar-refractivity contribution is 7.65. The fourth-order valence-electron chi connectivity index (χ4n) is 1.94. The summed E-state index contributed by atoms with van der Waals surface area (Å²) < 4.78 is 0. The van der Waals surface area contributed by atoms with Crippen molar-refractivity contribution >= 4 is 13.2 Å². The standard InChI is InChI=1S/C11H15P/c1-2-12-9-5-7-10-6-3-4-8-11(10)12/h3-4,6,8H,2,5,7,9H2,1H3. The molecule has 1 aliphatic heterocycles. The third kappa shape index (κ3) is 1.41. The molecule has 0 aliphatic carbocycles. The fourth-order valence-corrected chi connectivity index (χ4v) is 4.27. The Hall–Kier alpha value is -0.350. The van der Waals surface area contributed by atoms with E-state index in [2.05, 4.69) is 31.2 Å². The van der Waals surface area contributed by atoms with Gasteiger partial charge in [-0.05, 0) is 36.0 Å². The summed E-state index contributed by atoms with van der Waals surface area (Å²) in [6.45, 7) is 2.33.